The number of nitrogens with one attached hydrogen (secondary N) is 2. The first-order chi connectivity index (χ1) is 7.54. The summed E-state index contributed by atoms with van der Waals surface area (Å²) in [5, 5.41) is 5.83. The average molecular weight is 245 g/mol. The molecular weight excluding hydrogens is 231 g/mol. The number of halogens is 2. The summed E-state index contributed by atoms with van der Waals surface area (Å²) in [4.78, 5) is 11.4. The summed E-state index contributed by atoms with van der Waals surface area (Å²) in [6, 6.07) is 3.66. The van der Waals surface area contributed by atoms with Crippen LogP contribution in [0.15, 0.2) is 18.2 Å². The van der Waals surface area contributed by atoms with Crippen molar-refractivity contribution in [2.24, 2.45) is 0 Å². The number of anilines is 1. The molecule has 0 aromatic heterocycles. The van der Waals surface area contributed by atoms with Crippen LogP contribution in [0.4, 0.5) is 10.1 Å². The number of rotatable bonds is 4. The van der Waals surface area contributed by atoms with Crippen LogP contribution in [-0.4, -0.2) is 18.5 Å². The first-order valence-corrected chi connectivity index (χ1v) is 5.41. The van der Waals surface area contributed by atoms with Gasteiger partial charge in [-0.15, -0.1) is 0 Å². The van der Waals surface area contributed by atoms with E-state index in [0.29, 0.717) is 11.6 Å². The zero-order chi connectivity index (χ0) is 12.1. The molecule has 2 N–H and O–H groups in total. The maximum Gasteiger partial charge on any atom is 0.242 e. The normalized spacial score (nSPS) is 12.0. The molecule has 0 spiro atoms. The summed E-state index contributed by atoms with van der Waals surface area (Å²) in [6.45, 7) is 4.03. The molecular formula is C11H14ClFN2O. The summed E-state index contributed by atoms with van der Waals surface area (Å²) in [7, 11) is 0. The fourth-order valence-corrected chi connectivity index (χ4v) is 1.41. The third-order valence-electron chi connectivity index (χ3n) is 2.04. The van der Waals surface area contributed by atoms with E-state index in [0.717, 1.165) is 0 Å². The summed E-state index contributed by atoms with van der Waals surface area (Å²) in [6.07, 6.45) is 0. The van der Waals surface area contributed by atoms with Gasteiger partial charge in [0.1, 0.15) is 11.9 Å². The molecule has 1 aromatic carbocycles. The van der Waals surface area contributed by atoms with Gasteiger partial charge in [-0.2, -0.15) is 0 Å². The third-order valence-corrected chi connectivity index (χ3v) is 2.28. The molecule has 0 aliphatic carbocycles. The molecule has 0 saturated heterocycles. The zero-order valence-electron chi connectivity index (χ0n) is 9.18. The lowest BCUT2D eigenvalue weighted by Crippen LogP contribution is -2.37. The van der Waals surface area contributed by atoms with E-state index in [2.05, 4.69) is 10.6 Å². The van der Waals surface area contributed by atoms with Gasteiger partial charge < -0.3 is 10.6 Å². The highest BCUT2D eigenvalue weighted by atomic mass is 35.5. The quantitative estimate of drug-likeness (QED) is 0.854. The predicted octanol–water partition coefficient (Wildman–Crippen LogP) is 2.42. The van der Waals surface area contributed by atoms with Gasteiger partial charge in [-0.05, 0) is 32.0 Å². The van der Waals surface area contributed by atoms with Crippen LogP contribution in [-0.2, 0) is 4.79 Å². The van der Waals surface area contributed by atoms with Crippen LogP contribution < -0.4 is 10.6 Å². The van der Waals surface area contributed by atoms with Gasteiger partial charge in [-0.25, -0.2) is 4.39 Å². The number of hydrogen-bond acceptors (Lipinski definition) is 2. The molecule has 1 atom stereocenters. The van der Waals surface area contributed by atoms with Gasteiger partial charge in [0.2, 0.25) is 5.91 Å². The number of carbonyl (C=O) groups is 1. The lowest BCUT2D eigenvalue weighted by Gasteiger charge is -2.15. The summed E-state index contributed by atoms with van der Waals surface area (Å²) >= 11 is 5.73. The van der Waals surface area contributed by atoms with Gasteiger partial charge in [0.25, 0.3) is 0 Å². The molecule has 16 heavy (non-hydrogen) atoms. The molecule has 1 unspecified atom stereocenters. The van der Waals surface area contributed by atoms with Gasteiger partial charge >= 0.3 is 0 Å². The Balaban J connectivity index is 2.72. The highest BCUT2D eigenvalue weighted by molar-refractivity contribution is 6.30. The Morgan fingerprint density at radius 1 is 1.56 bits per heavy atom. The monoisotopic (exact) mass is 244 g/mol. The van der Waals surface area contributed by atoms with Crippen LogP contribution in [0.1, 0.15) is 13.8 Å². The van der Waals surface area contributed by atoms with E-state index < -0.39 is 11.9 Å². The first-order valence-electron chi connectivity index (χ1n) is 5.04. The maximum atomic E-state index is 13.3. The largest absolute Gasteiger partial charge is 0.371 e. The number of likely N-dealkylation sites (N-methyl/N-ethyl adjacent to an activating group) is 1. The Morgan fingerprint density at radius 3 is 2.88 bits per heavy atom. The van der Waals surface area contributed by atoms with Gasteiger partial charge in [0.05, 0.1) is 5.69 Å². The van der Waals surface area contributed by atoms with Crippen LogP contribution in [0.25, 0.3) is 0 Å². The fourth-order valence-electron chi connectivity index (χ4n) is 1.23. The molecule has 88 valence electrons. The number of amides is 1. The highest BCUT2D eigenvalue weighted by Crippen LogP contribution is 2.20. The molecule has 1 rings (SSSR count). The minimum atomic E-state index is -0.507. The molecule has 3 nitrogen and oxygen atoms in total. The van der Waals surface area contributed by atoms with Crippen molar-refractivity contribution in [3.8, 4) is 0 Å². The van der Waals surface area contributed by atoms with Crippen molar-refractivity contribution in [1.29, 1.82) is 0 Å². The molecule has 1 aromatic rings. The number of carbonyl (C=O) groups excluding carboxylic acids is 1. The molecule has 0 aliphatic rings. The van der Waals surface area contributed by atoms with Crippen molar-refractivity contribution in [1.82, 2.24) is 5.32 Å². The molecule has 0 fully saturated rings. The van der Waals surface area contributed by atoms with E-state index in [-0.39, 0.29) is 11.6 Å². The maximum absolute atomic E-state index is 13.3. The topological polar surface area (TPSA) is 41.1 Å². The van der Waals surface area contributed by atoms with E-state index >= 15 is 0 Å². The molecule has 0 aliphatic heterocycles. The smallest absolute Gasteiger partial charge is 0.242 e. The van der Waals surface area contributed by atoms with Crippen molar-refractivity contribution in [2.75, 3.05) is 11.9 Å². The lowest BCUT2D eigenvalue weighted by molar-refractivity contribution is -0.121. The van der Waals surface area contributed by atoms with Crippen LogP contribution in [0, 0.1) is 5.82 Å². The second-order valence-corrected chi connectivity index (χ2v) is 3.82. The Labute approximate surface area is 99.0 Å². The van der Waals surface area contributed by atoms with Crippen molar-refractivity contribution in [3.63, 3.8) is 0 Å². The van der Waals surface area contributed by atoms with Gasteiger partial charge in [0.15, 0.2) is 0 Å². The van der Waals surface area contributed by atoms with Gasteiger partial charge in [-0.1, -0.05) is 11.6 Å². The second-order valence-electron chi connectivity index (χ2n) is 3.38. The SMILES string of the molecule is CCNC(=O)C(C)Nc1cc(Cl)ccc1F. The fraction of sp³-hybridized carbons (Fsp3) is 0.364. The summed E-state index contributed by atoms with van der Waals surface area (Å²) in [5.41, 5.74) is 0.228. The molecule has 0 radical (unpaired) electrons. The minimum Gasteiger partial charge on any atom is -0.371 e. The minimum absolute atomic E-state index is 0.179. The van der Waals surface area contributed by atoms with E-state index in [1.807, 2.05) is 6.92 Å². The Kier molecular flexibility index (Phi) is 4.55. The first kappa shape index (κ1) is 12.8. The van der Waals surface area contributed by atoms with E-state index in [4.69, 9.17) is 11.6 Å². The zero-order valence-corrected chi connectivity index (χ0v) is 9.94. The number of hydrogen-bond donors (Lipinski definition) is 2. The van der Waals surface area contributed by atoms with Crippen molar-refractivity contribution in [3.05, 3.63) is 29.0 Å². The van der Waals surface area contributed by atoms with Crippen molar-refractivity contribution < 1.29 is 9.18 Å². The van der Waals surface area contributed by atoms with Crippen LogP contribution >= 0.6 is 11.6 Å². The van der Waals surface area contributed by atoms with Gasteiger partial charge in [0, 0.05) is 11.6 Å². The highest BCUT2D eigenvalue weighted by Gasteiger charge is 2.13. The van der Waals surface area contributed by atoms with Crippen molar-refractivity contribution >= 4 is 23.2 Å². The van der Waals surface area contributed by atoms with E-state index in [1.54, 1.807) is 6.92 Å². The molecule has 0 saturated carbocycles. The van der Waals surface area contributed by atoms with Gasteiger partial charge in [-0.3, -0.25) is 4.79 Å². The summed E-state index contributed by atoms with van der Waals surface area (Å²) < 4.78 is 13.3. The van der Waals surface area contributed by atoms with Crippen LogP contribution in [0.3, 0.4) is 0 Å². The standard InChI is InChI=1S/C11H14ClFN2O/c1-3-14-11(16)7(2)15-10-6-8(12)4-5-9(10)13/h4-7,15H,3H2,1-2H3,(H,14,16). The second kappa shape index (κ2) is 5.70. The van der Waals surface area contributed by atoms with Crippen LogP contribution in [0.5, 0.6) is 0 Å². The molecule has 5 heteroatoms. The molecule has 0 heterocycles. The third kappa shape index (κ3) is 3.38. The summed E-state index contributed by atoms with van der Waals surface area (Å²) in [5.74, 6) is -0.609. The number of benzene rings is 1. The average Bonchev–Trinajstić information content (AvgIpc) is 2.23. The van der Waals surface area contributed by atoms with Crippen LogP contribution in [0.2, 0.25) is 5.02 Å². The van der Waals surface area contributed by atoms with E-state index in [9.17, 15) is 9.18 Å². The Bertz CT molecular complexity index is 384. The van der Waals surface area contributed by atoms with E-state index in [1.165, 1.54) is 18.2 Å². The molecule has 0 bridgehead atoms. The van der Waals surface area contributed by atoms with Crippen molar-refractivity contribution in [2.45, 2.75) is 19.9 Å². The lowest BCUT2D eigenvalue weighted by atomic mass is 10.2. The Hall–Kier alpha value is -1.29. The Morgan fingerprint density at radius 2 is 2.25 bits per heavy atom. The predicted molar refractivity (Wildman–Crippen MR) is 63.2 cm³/mol. The molecule has 1 amide bonds.